The van der Waals surface area contributed by atoms with Crippen LogP contribution in [0.2, 0.25) is 5.15 Å². The van der Waals surface area contributed by atoms with Crippen molar-refractivity contribution in [1.82, 2.24) is 15.0 Å². The second-order valence-corrected chi connectivity index (χ2v) is 4.93. The van der Waals surface area contributed by atoms with Crippen molar-refractivity contribution in [1.29, 1.82) is 0 Å². The first-order valence-electron chi connectivity index (χ1n) is 6.72. The van der Waals surface area contributed by atoms with Gasteiger partial charge in [-0.15, -0.1) is 0 Å². The van der Waals surface area contributed by atoms with Gasteiger partial charge in [0, 0.05) is 17.7 Å². The zero-order valence-corrected chi connectivity index (χ0v) is 13.0. The van der Waals surface area contributed by atoms with Crippen molar-refractivity contribution in [2.24, 2.45) is 0 Å². The fourth-order valence-electron chi connectivity index (χ4n) is 1.82. The van der Waals surface area contributed by atoms with E-state index in [9.17, 15) is 0 Å². The number of rotatable bonds is 4. The fraction of sp³-hybridized carbons (Fsp3) is 0.400. The van der Waals surface area contributed by atoms with Gasteiger partial charge in [-0.2, -0.15) is 4.98 Å². The Bertz CT molecular complexity index is 629. The minimum Gasteiger partial charge on any atom is -0.437 e. The van der Waals surface area contributed by atoms with Gasteiger partial charge in [0.1, 0.15) is 11.0 Å². The highest BCUT2D eigenvalue weighted by Crippen LogP contribution is 2.29. The van der Waals surface area contributed by atoms with Crippen LogP contribution in [0.1, 0.15) is 36.6 Å². The number of hydrogen-bond donors (Lipinski definition) is 0. The molecule has 0 bridgehead atoms. The van der Waals surface area contributed by atoms with Crippen molar-refractivity contribution in [3.8, 4) is 11.6 Å². The minimum absolute atomic E-state index is 0.435. The van der Waals surface area contributed by atoms with Crippen LogP contribution in [-0.2, 0) is 12.8 Å². The van der Waals surface area contributed by atoms with Gasteiger partial charge in [-0.1, -0.05) is 25.4 Å². The summed E-state index contributed by atoms with van der Waals surface area (Å²) < 4.78 is 5.91. The third-order valence-corrected chi connectivity index (χ3v) is 3.39. The molecule has 0 amide bonds. The van der Waals surface area contributed by atoms with E-state index >= 15 is 0 Å². The van der Waals surface area contributed by atoms with Gasteiger partial charge in [0.05, 0.1) is 5.69 Å². The molecule has 0 aromatic carbocycles. The number of ether oxygens (including phenoxy) is 1. The molecule has 0 aliphatic heterocycles. The number of halogens is 1. The Morgan fingerprint density at radius 3 is 2.45 bits per heavy atom. The number of nitrogens with zero attached hydrogens (tertiary/aromatic N) is 3. The molecule has 0 spiro atoms. The van der Waals surface area contributed by atoms with Crippen molar-refractivity contribution in [3.63, 3.8) is 0 Å². The first-order valence-corrected chi connectivity index (χ1v) is 7.10. The average molecular weight is 292 g/mol. The van der Waals surface area contributed by atoms with Crippen molar-refractivity contribution < 1.29 is 4.74 Å². The molecule has 106 valence electrons. The normalized spacial score (nSPS) is 10.7. The van der Waals surface area contributed by atoms with E-state index in [4.69, 9.17) is 16.3 Å². The highest BCUT2D eigenvalue weighted by Gasteiger charge is 2.13. The van der Waals surface area contributed by atoms with Gasteiger partial charge in [-0.05, 0) is 32.4 Å². The van der Waals surface area contributed by atoms with E-state index in [-0.39, 0.29) is 0 Å². The van der Waals surface area contributed by atoms with Crippen molar-refractivity contribution in [2.45, 2.75) is 40.5 Å². The monoisotopic (exact) mass is 291 g/mol. The Morgan fingerprint density at radius 2 is 1.80 bits per heavy atom. The van der Waals surface area contributed by atoms with Gasteiger partial charge in [0.15, 0.2) is 5.75 Å². The summed E-state index contributed by atoms with van der Waals surface area (Å²) in [6, 6.07) is 3.84. The summed E-state index contributed by atoms with van der Waals surface area (Å²) in [4.78, 5) is 13.1. The van der Waals surface area contributed by atoms with Crippen molar-refractivity contribution in [2.75, 3.05) is 0 Å². The third-order valence-electron chi connectivity index (χ3n) is 3.02. The molecular formula is C15H18ClN3O. The number of pyridine rings is 1. The molecule has 0 aliphatic rings. The van der Waals surface area contributed by atoms with Crippen LogP contribution in [0.15, 0.2) is 12.1 Å². The largest absolute Gasteiger partial charge is 0.437 e. The molecule has 0 atom stereocenters. The van der Waals surface area contributed by atoms with Crippen LogP contribution in [0.3, 0.4) is 0 Å². The van der Waals surface area contributed by atoms with E-state index in [1.54, 1.807) is 0 Å². The number of aromatic nitrogens is 3. The first-order chi connectivity index (χ1) is 9.55. The lowest BCUT2D eigenvalue weighted by Crippen LogP contribution is -2.02. The van der Waals surface area contributed by atoms with E-state index < -0.39 is 0 Å². The van der Waals surface area contributed by atoms with Crippen LogP contribution < -0.4 is 4.74 Å². The van der Waals surface area contributed by atoms with Crippen molar-refractivity contribution >= 4 is 11.6 Å². The van der Waals surface area contributed by atoms with Gasteiger partial charge in [0.25, 0.3) is 0 Å². The summed E-state index contributed by atoms with van der Waals surface area (Å²) in [5, 5.41) is 0.435. The molecule has 2 aromatic rings. The molecule has 20 heavy (non-hydrogen) atoms. The van der Waals surface area contributed by atoms with Crippen LogP contribution >= 0.6 is 11.6 Å². The highest BCUT2D eigenvalue weighted by atomic mass is 35.5. The Labute approximate surface area is 124 Å². The van der Waals surface area contributed by atoms with Gasteiger partial charge < -0.3 is 4.74 Å². The number of aryl methyl sites for hydroxylation is 3. The standard InChI is InChI=1S/C15H18ClN3O/c1-5-11-12(8-7-9(3)17-11)20-15-10(4)14(16)18-13(6-2)19-15/h7-8H,5-6H2,1-4H3. The van der Waals surface area contributed by atoms with Crippen molar-refractivity contribution in [3.05, 3.63) is 40.1 Å². The summed E-state index contributed by atoms with van der Waals surface area (Å²) in [7, 11) is 0. The summed E-state index contributed by atoms with van der Waals surface area (Å²) in [6.07, 6.45) is 1.51. The van der Waals surface area contributed by atoms with E-state index in [0.717, 1.165) is 29.1 Å². The molecule has 2 heterocycles. The zero-order chi connectivity index (χ0) is 14.7. The SMILES string of the molecule is CCc1nc(Cl)c(C)c(Oc2ccc(C)nc2CC)n1. The molecule has 4 nitrogen and oxygen atoms in total. The Hall–Kier alpha value is -1.68. The molecule has 0 N–H and O–H groups in total. The first kappa shape index (κ1) is 14.7. The van der Waals surface area contributed by atoms with Crippen LogP contribution in [-0.4, -0.2) is 15.0 Å². The topological polar surface area (TPSA) is 47.9 Å². The molecule has 2 aromatic heterocycles. The van der Waals surface area contributed by atoms with E-state index in [0.29, 0.717) is 23.3 Å². The Morgan fingerprint density at radius 1 is 1.05 bits per heavy atom. The molecule has 0 saturated carbocycles. The fourth-order valence-corrected chi connectivity index (χ4v) is 2.00. The lowest BCUT2D eigenvalue weighted by Gasteiger charge is -2.12. The summed E-state index contributed by atoms with van der Waals surface area (Å²) in [6.45, 7) is 7.84. The van der Waals surface area contributed by atoms with Gasteiger partial charge >= 0.3 is 0 Å². The van der Waals surface area contributed by atoms with Gasteiger partial charge in [-0.3, -0.25) is 4.98 Å². The predicted octanol–water partition coefficient (Wildman–Crippen LogP) is 4.06. The summed E-state index contributed by atoms with van der Waals surface area (Å²) in [5.74, 6) is 1.90. The predicted molar refractivity (Wildman–Crippen MR) is 79.6 cm³/mol. The molecule has 2 rings (SSSR count). The summed E-state index contributed by atoms with van der Waals surface area (Å²) in [5.41, 5.74) is 2.63. The maximum Gasteiger partial charge on any atom is 0.227 e. The van der Waals surface area contributed by atoms with Gasteiger partial charge in [0.2, 0.25) is 5.88 Å². The molecule has 0 radical (unpaired) electrons. The third kappa shape index (κ3) is 3.07. The number of hydrogen-bond acceptors (Lipinski definition) is 4. The van der Waals surface area contributed by atoms with E-state index in [1.165, 1.54) is 0 Å². The lowest BCUT2D eigenvalue weighted by molar-refractivity contribution is 0.446. The van der Waals surface area contributed by atoms with Gasteiger partial charge in [-0.25, -0.2) is 4.98 Å². The van der Waals surface area contributed by atoms with Crippen LogP contribution in [0, 0.1) is 13.8 Å². The maximum absolute atomic E-state index is 6.12. The van der Waals surface area contributed by atoms with E-state index in [1.807, 2.05) is 39.8 Å². The zero-order valence-electron chi connectivity index (χ0n) is 12.2. The molecule has 0 fully saturated rings. The second-order valence-electron chi connectivity index (χ2n) is 4.57. The highest BCUT2D eigenvalue weighted by molar-refractivity contribution is 6.30. The minimum atomic E-state index is 0.435. The molecule has 5 heteroatoms. The lowest BCUT2D eigenvalue weighted by atomic mass is 10.2. The average Bonchev–Trinajstić information content (AvgIpc) is 2.45. The smallest absolute Gasteiger partial charge is 0.227 e. The van der Waals surface area contributed by atoms with Crippen LogP contribution in [0.25, 0.3) is 0 Å². The molecule has 0 saturated heterocycles. The van der Waals surface area contributed by atoms with E-state index in [2.05, 4.69) is 15.0 Å². The molecule has 0 unspecified atom stereocenters. The maximum atomic E-state index is 6.12. The molecular weight excluding hydrogens is 274 g/mol. The summed E-state index contributed by atoms with van der Waals surface area (Å²) >= 11 is 6.12. The second kappa shape index (κ2) is 6.18. The van der Waals surface area contributed by atoms with Crippen LogP contribution in [0.5, 0.6) is 11.6 Å². The Balaban J connectivity index is 2.42. The van der Waals surface area contributed by atoms with Crippen LogP contribution in [0.4, 0.5) is 0 Å². The Kier molecular flexibility index (Phi) is 4.55. The quantitative estimate of drug-likeness (QED) is 0.797. The molecule has 0 aliphatic carbocycles.